The summed E-state index contributed by atoms with van der Waals surface area (Å²) in [4.78, 5) is 37.9. The molecular formula is C18H11N5O2S2. The fourth-order valence-corrected chi connectivity index (χ4v) is 3.57. The van der Waals surface area contributed by atoms with Gasteiger partial charge < -0.3 is 0 Å². The number of hydrazine groups is 1. The van der Waals surface area contributed by atoms with E-state index < -0.39 is 11.8 Å². The van der Waals surface area contributed by atoms with Crippen LogP contribution in [0.25, 0.3) is 17.1 Å². The van der Waals surface area contributed by atoms with Crippen molar-refractivity contribution in [1.82, 2.24) is 25.4 Å². The Kier molecular flexibility index (Phi) is 4.61. The number of thiocarbonyl (C=S) groups is 1. The molecule has 0 atom stereocenters. The average molecular weight is 393 g/mol. The second-order valence-corrected chi connectivity index (χ2v) is 7.16. The summed E-state index contributed by atoms with van der Waals surface area (Å²) >= 11 is 6.31. The smallest absolute Gasteiger partial charge is 0.267 e. The third-order valence-electron chi connectivity index (χ3n) is 3.68. The highest BCUT2D eigenvalue weighted by Crippen LogP contribution is 2.31. The summed E-state index contributed by atoms with van der Waals surface area (Å²) < 4.78 is 0.234. The van der Waals surface area contributed by atoms with Crippen molar-refractivity contribution in [2.24, 2.45) is 0 Å². The lowest BCUT2D eigenvalue weighted by molar-refractivity contribution is -0.123. The van der Waals surface area contributed by atoms with Crippen LogP contribution in [-0.4, -0.2) is 36.1 Å². The number of amides is 2. The highest BCUT2D eigenvalue weighted by molar-refractivity contribution is 8.26. The topological polar surface area (TPSA) is 88.1 Å². The molecule has 1 fully saturated rings. The van der Waals surface area contributed by atoms with Gasteiger partial charge in [-0.05, 0) is 42.6 Å². The van der Waals surface area contributed by atoms with Crippen LogP contribution in [0.5, 0.6) is 0 Å². The average Bonchev–Trinajstić information content (AvgIpc) is 2.96. The van der Waals surface area contributed by atoms with E-state index in [9.17, 15) is 9.59 Å². The highest BCUT2D eigenvalue weighted by Gasteiger charge is 2.34. The molecule has 0 spiro atoms. The predicted molar refractivity (Wildman–Crippen MR) is 106 cm³/mol. The number of nitrogens with one attached hydrogen (secondary N) is 1. The van der Waals surface area contributed by atoms with Crippen LogP contribution in [-0.2, 0) is 4.79 Å². The molecule has 2 amide bonds. The fraction of sp³-hybridized carbons (Fsp3) is 0. The van der Waals surface area contributed by atoms with Gasteiger partial charge in [0.1, 0.15) is 0 Å². The molecule has 132 valence electrons. The van der Waals surface area contributed by atoms with E-state index >= 15 is 0 Å². The van der Waals surface area contributed by atoms with Crippen LogP contribution < -0.4 is 5.43 Å². The van der Waals surface area contributed by atoms with Crippen LogP contribution in [0.1, 0.15) is 16.1 Å². The van der Waals surface area contributed by atoms with E-state index in [-0.39, 0.29) is 4.32 Å². The van der Waals surface area contributed by atoms with Crippen molar-refractivity contribution in [2.75, 3.05) is 0 Å². The molecule has 1 saturated heterocycles. The second kappa shape index (κ2) is 7.22. The van der Waals surface area contributed by atoms with Crippen LogP contribution >= 0.6 is 24.0 Å². The minimum atomic E-state index is -0.467. The fourth-order valence-electron chi connectivity index (χ4n) is 2.40. The minimum absolute atomic E-state index is 0.234. The molecule has 0 unspecified atom stereocenters. The van der Waals surface area contributed by atoms with E-state index in [1.165, 1.54) is 6.20 Å². The van der Waals surface area contributed by atoms with Crippen LogP contribution in [0.4, 0.5) is 0 Å². The normalized spacial score (nSPS) is 15.6. The largest absolute Gasteiger partial charge is 0.285 e. The van der Waals surface area contributed by atoms with Gasteiger partial charge in [0.15, 0.2) is 4.32 Å². The Hall–Kier alpha value is -3.17. The van der Waals surface area contributed by atoms with Gasteiger partial charge in [0.25, 0.3) is 11.8 Å². The quantitative estimate of drug-likeness (QED) is 0.540. The van der Waals surface area contributed by atoms with E-state index in [1.54, 1.807) is 30.6 Å². The van der Waals surface area contributed by atoms with Gasteiger partial charge >= 0.3 is 0 Å². The van der Waals surface area contributed by atoms with Crippen molar-refractivity contribution in [3.05, 3.63) is 71.2 Å². The van der Waals surface area contributed by atoms with Gasteiger partial charge in [0, 0.05) is 12.4 Å². The minimum Gasteiger partial charge on any atom is -0.267 e. The molecule has 3 aromatic rings. The molecule has 0 aliphatic carbocycles. The number of nitrogens with zero attached hydrogens (tertiary/aromatic N) is 4. The number of benzene rings is 1. The van der Waals surface area contributed by atoms with Gasteiger partial charge in [0.05, 0.1) is 33.4 Å². The zero-order valence-corrected chi connectivity index (χ0v) is 15.3. The Morgan fingerprint density at radius 2 is 1.96 bits per heavy atom. The molecule has 1 aliphatic heterocycles. The number of hydrogen-bond donors (Lipinski definition) is 1. The summed E-state index contributed by atoms with van der Waals surface area (Å²) in [6, 6.07) is 10.7. The van der Waals surface area contributed by atoms with Crippen LogP contribution in [0, 0.1) is 0 Å². The number of rotatable bonds is 3. The van der Waals surface area contributed by atoms with Crippen molar-refractivity contribution < 1.29 is 9.59 Å². The first kappa shape index (κ1) is 17.3. The molecule has 9 heteroatoms. The molecule has 0 saturated carbocycles. The number of pyridine rings is 1. The lowest BCUT2D eigenvalue weighted by Crippen LogP contribution is -2.44. The summed E-state index contributed by atoms with van der Waals surface area (Å²) in [5.41, 5.74) is 4.87. The number of fused-ring (bicyclic) bond motifs is 1. The Balaban J connectivity index is 1.56. The third kappa shape index (κ3) is 3.55. The maximum Gasteiger partial charge on any atom is 0.285 e. The second-order valence-electron chi connectivity index (χ2n) is 5.48. The van der Waals surface area contributed by atoms with Crippen molar-refractivity contribution in [3.8, 4) is 0 Å². The standard InChI is InChI=1S/C18H11N5O2S2/c24-16(11-4-3-7-19-9-11)22-23-17(25)15(27-18(23)26)8-12-10-20-13-5-1-2-6-14(13)21-12/h1-10H,(H,22,24)/b15-8-. The molecule has 1 aliphatic rings. The van der Waals surface area contributed by atoms with Crippen molar-refractivity contribution >= 4 is 57.2 Å². The molecule has 1 N–H and O–H groups in total. The Morgan fingerprint density at radius 3 is 2.74 bits per heavy atom. The highest BCUT2D eigenvalue weighted by atomic mass is 32.2. The van der Waals surface area contributed by atoms with Gasteiger partial charge in [-0.25, -0.2) is 4.98 Å². The Morgan fingerprint density at radius 1 is 1.15 bits per heavy atom. The summed E-state index contributed by atoms with van der Waals surface area (Å²) in [5, 5.41) is 1.05. The zero-order valence-electron chi connectivity index (χ0n) is 13.7. The number of para-hydroxylation sites is 2. The summed E-state index contributed by atoms with van der Waals surface area (Å²) in [6.07, 6.45) is 6.16. The lowest BCUT2D eigenvalue weighted by atomic mass is 10.3. The Labute approximate surface area is 163 Å². The first-order valence-corrected chi connectivity index (χ1v) is 9.05. The van der Waals surface area contributed by atoms with E-state index in [0.717, 1.165) is 27.8 Å². The van der Waals surface area contributed by atoms with E-state index in [0.29, 0.717) is 16.2 Å². The molecule has 0 radical (unpaired) electrons. The summed E-state index contributed by atoms with van der Waals surface area (Å²) in [5.74, 6) is -0.886. The SMILES string of the molecule is O=C(NN1C(=O)/C(=C/c2cnc3ccccc3n2)SC1=S)c1cccnc1. The summed E-state index contributed by atoms with van der Waals surface area (Å²) in [6.45, 7) is 0. The molecule has 2 aromatic heterocycles. The number of hydrogen-bond acceptors (Lipinski definition) is 7. The molecule has 7 nitrogen and oxygen atoms in total. The summed E-state index contributed by atoms with van der Waals surface area (Å²) in [7, 11) is 0. The molecule has 4 rings (SSSR count). The van der Waals surface area contributed by atoms with Gasteiger partial charge in [-0.15, -0.1) is 0 Å². The maximum absolute atomic E-state index is 12.6. The van der Waals surface area contributed by atoms with Gasteiger partial charge in [-0.3, -0.25) is 25.0 Å². The lowest BCUT2D eigenvalue weighted by Gasteiger charge is -2.15. The first-order chi connectivity index (χ1) is 13.1. The third-order valence-corrected chi connectivity index (χ3v) is 4.98. The first-order valence-electron chi connectivity index (χ1n) is 7.82. The molecular weight excluding hydrogens is 382 g/mol. The van der Waals surface area contributed by atoms with Crippen molar-refractivity contribution in [2.45, 2.75) is 0 Å². The van der Waals surface area contributed by atoms with Crippen LogP contribution in [0.3, 0.4) is 0 Å². The number of thioether (sulfide) groups is 1. The predicted octanol–water partition coefficient (Wildman–Crippen LogP) is 2.57. The molecule has 27 heavy (non-hydrogen) atoms. The maximum atomic E-state index is 12.6. The van der Waals surface area contributed by atoms with Crippen molar-refractivity contribution in [3.63, 3.8) is 0 Å². The van der Waals surface area contributed by atoms with Crippen molar-refractivity contribution in [1.29, 1.82) is 0 Å². The van der Waals surface area contributed by atoms with E-state index in [4.69, 9.17) is 12.2 Å². The zero-order chi connectivity index (χ0) is 18.8. The number of aromatic nitrogens is 3. The van der Waals surface area contributed by atoms with Gasteiger partial charge in [-0.2, -0.15) is 5.01 Å². The monoisotopic (exact) mass is 393 g/mol. The number of carbonyl (C=O) groups excluding carboxylic acids is 2. The molecule has 0 bridgehead atoms. The van der Waals surface area contributed by atoms with Crippen LogP contribution in [0.2, 0.25) is 0 Å². The van der Waals surface area contributed by atoms with Crippen LogP contribution in [0.15, 0.2) is 59.9 Å². The van der Waals surface area contributed by atoms with Gasteiger partial charge in [0.2, 0.25) is 0 Å². The number of carbonyl (C=O) groups is 2. The molecule has 1 aromatic carbocycles. The Bertz CT molecular complexity index is 1100. The van der Waals surface area contributed by atoms with Gasteiger partial charge in [-0.1, -0.05) is 23.9 Å². The van der Waals surface area contributed by atoms with E-state index in [1.807, 2.05) is 24.3 Å². The molecule has 3 heterocycles. The van der Waals surface area contributed by atoms with E-state index in [2.05, 4.69) is 20.4 Å².